The van der Waals surface area contributed by atoms with Gasteiger partial charge in [0.25, 0.3) is 0 Å². The van der Waals surface area contributed by atoms with E-state index in [0.29, 0.717) is 11.2 Å². The highest BCUT2D eigenvalue weighted by Gasteiger charge is 2.07. The first-order valence-corrected chi connectivity index (χ1v) is 5.65. The summed E-state index contributed by atoms with van der Waals surface area (Å²) in [5, 5.41) is 0. The van der Waals surface area contributed by atoms with Crippen LogP contribution in [0.3, 0.4) is 0 Å². The number of aldehydes is 1. The summed E-state index contributed by atoms with van der Waals surface area (Å²) in [5.41, 5.74) is 0.168. The monoisotopic (exact) mass is 227 g/mol. The molecular formula is C11H14FNOS. The molecule has 0 unspecified atom stereocenters. The molecule has 0 aromatic heterocycles. The van der Waals surface area contributed by atoms with Gasteiger partial charge in [-0.25, -0.2) is 4.39 Å². The SMILES string of the molecule is CN(C)CCSc1cccc(F)c1C=O. The van der Waals surface area contributed by atoms with Crippen LogP contribution in [0.4, 0.5) is 4.39 Å². The van der Waals surface area contributed by atoms with E-state index in [1.807, 2.05) is 19.0 Å². The molecule has 15 heavy (non-hydrogen) atoms. The van der Waals surface area contributed by atoms with Crippen molar-refractivity contribution in [3.05, 3.63) is 29.6 Å². The van der Waals surface area contributed by atoms with Gasteiger partial charge in [0.15, 0.2) is 6.29 Å². The predicted molar refractivity (Wildman–Crippen MR) is 61.1 cm³/mol. The van der Waals surface area contributed by atoms with Crippen molar-refractivity contribution in [1.82, 2.24) is 4.90 Å². The Morgan fingerprint density at radius 1 is 1.47 bits per heavy atom. The number of rotatable bonds is 5. The van der Waals surface area contributed by atoms with Crippen LogP contribution in [0.1, 0.15) is 10.4 Å². The van der Waals surface area contributed by atoms with Crippen LogP contribution in [0, 0.1) is 5.82 Å². The Balaban J connectivity index is 2.68. The summed E-state index contributed by atoms with van der Waals surface area (Å²) in [4.78, 5) is 13.4. The maximum absolute atomic E-state index is 13.2. The van der Waals surface area contributed by atoms with Gasteiger partial charge in [-0.2, -0.15) is 0 Å². The minimum absolute atomic E-state index is 0.168. The predicted octanol–water partition coefficient (Wildman–Crippen LogP) is 2.29. The Morgan fingerprint density at radius 3 is 2.80 bits per heavy atom. The Morgan fingerprint density at radius 2 is 2.20 bits per heavy atom. The van der Waals surface area contributed by atoms with Crippen molar-refractivity contribution in [3.8, 4) is 0 Å². The van der Waals surface area contributed by atoms with E-state index in [0.717, 1.165) is 12.3 Å². The average Bonchev–Trinajstić information content (AvgIpc) is 2.17. The lowest BCUT2D eigenvalue weighted by Gasteiger charge is -2.09. The lowest BCUT2D eigenvalue weighted by molar-refractivity contribution is 0.111. The summed E-state index contributed by atoms with van der Waals surface area (Å²) in [6.07, 6.45) is 0.577. The molecule has 0 bridgehead atoms. The highest BCUT2D eigenvalue weighted by Crippen LogP contribution is 2.23. The number of hydrogen-bond acceptors (Lipinski definition) is 3. The standard InChI is InChI=1S/C11H14FNOS/c1-13(2)6-7-15-11-5-3-4-10(12)9(11)8-14/h3-5,8H,6-7H2,1-2H3. The van der Waals surface area contributed by atoms with E-state index >= 15 is 0 Å². The fourth-order valence-electron chi connectivity index (χ4n) is 1.10. The smallest absolute Gasteiger partial charge is 0.154 e. The molecule has 1 aromatic carbocycles. The molecule has 82 valence electrons. The largest absolute Gasteiger partial charge is 0.309 e. The van der Waals surface area contributed by atoms with Gasteiger partial charge in [-0.3, -0.25) is 4.79 Å². The van der Waals surface area contributed by atoms with E-state index in [4.69, 9.17) is 0 Å². The lowest BCUT2D eigenvalue weighted by atomic mass is 10.2. The first kappa shape index (κ1) is 12.2. The molecule has 2 nitrogen and oxygen atoms in total. The van der Waals surface area contributed by atoms with Crippen LogP contribution in [0.2, 0.25) is 0 Å². The topological polar surface area (TPSA) is 20.3 Å². The van der Waals surface area contributed by atoms with E-state index in [2.05, 4.69) is 0 Å². The van der Waals surface area contributed by atoms with Gasteiger partial charge >= 0.3 is 0 Å². The normalized spacial score (nSPS) is 10.7. The number of benzene rings is 1. The summed E-state index contributed by atoms with van der Waals surface area (Å²) < 4.78 is 13.2. The highest BCUT2D eigenvalue weighted by atomic mass is 32.2. The molecule has 1 rings (SSSR count). The minimum atomic E-state index is -0.445. The van der Waals surface area contributed by atoms with E-state index in [1.165, 1.54) is 17.8 Å². The second kappa shape index (κ2) is 5.88. The summed E-state index contributed by atoms with van der Waals surface area (Å²) in [6.45, 7) is 0.902. The molecule has 0 aliphatic heterocycles. The number of nitrogens with zero attached hydrogens (tertiary/aromatic N) is 1. The molecule has 0 heterocycles. The number of thioether (sulfide) groups is 1. The Labute approximate surface area is 93.5 Å². The van der Waals surface area contributed by atoms with Crippen LogP contribution >= 0.6 is 11.8 Å². The fraction of sp³-hybridized carbons (Fsp3) is 0.364. The lowest BCUT2D eigenvalue weighted by Crippen LogP contribution is -2.14. The number of halogens is 1. The number of hydrogen-bond donors (Lipinski definition) is 0. The maximum Gasteiger partial charge on any atom is 0.154 e. The summed E-state index contributed by atoms with van der Waals surface area (Å²) in [7, 11) is 3.96. The molecule has 0 amide bonds. The van der Waals surface area contributed by atoms with Crippen LogP contribution in [-0.2, 0) is 0 Å². The molecule has 0 aliphatic carbocycles. The zero-order valence-corrected chi connectivity index (χ0v) is 9.68. The van der Waals surface area contributed by atoms with Crippen molar-refractivity contribution in [2.24, 2.45) is 0 Å². The van der Waals surface area contributed by atoms with Gasteiger partial charge in [0.05, 0.1) is 5.56 Å². The minimum Gasteiger partial charge on any atom is -0.309 e. The Kier molecular flexibility index (Phi) is 4.78. The van der Waals surface area contributed by atoms with Gasteiger partial charge in [0.1, 0.15) is 5.82 Å². The van der Waals surface area contributed by atoms with Gasteiger partial charge in [-0.15, -0.1) is 11.8 Å². The first-order chi connectivity index (χ1) is 7.15. The third-order valence-corrected chi connectivity index (χ3v) is 2.98. The zero-order valence-electron chi connectivity index (χ0n) is 8.87. The number of carbonyl (C=O) groups excluding carboxylic acids is 1. The van der Waals surface area contributed by atoms with Crippen LogP contribution in [0.15, 0.2) is 23.1 Å². The van der Waals surface area contributed by atoms with Crippen molar-refractivity contribution < 1.29 is 9.18 Å². The highest BCUT2D eigenvalue weighted by molar-refractivity contribution is 7.99. The third kappa shape index (κ3) is 3.64. The van der Waals surface area contributed by atoms with Crippen molar-refractivity contribution in [1.29, 1.82) is 0 Å². The van der Waals surface area contributed by atoms with Crippen LogP contribution in [-0.4, -0.2) is 37.6 Å². The number of carbonyl (C=O) groups is 1. The van der Waals surface area contributed by atoms with Gasteiger partial charge in [-0.05, 0) is 26.2 Å². The van der Waals surface area contributed by atoms with Gasteiger partial charge < -0.3 is 4.90 Å². The summed E-state index contributed by atoms with van der Waals surface area (Å²) in [5.74, 6) is 0.400. The molecule has 0 aliphatic rings. The van der Waals surface area contributed by atoms with Crippen molar-refractivity contribution in [2.45, 2.75) is 4.90 Å². The van der Waals surface area contributed by atoms with E-state index in [1.54, 1.807) is 12.1 Å². The van der Waals surface area contributed by atoms with E-state index in [-0.39, 0.29) is 5.56 Å². The quantitative estimate of drug-likeness (QED) is 0.568. The molecule has 0 spiro atoms. The maximum atomic E-state index is 13.2. The Bertz CT molecular complexity index is 341. The van der Waals surface area contributed by atoms with Crippen LogP contribution in [0.25, 0.3) is 0 Å². The second-order valence-electron chi connectivity index (χ2n) is 3.42. The fourth-order valence-corrected chi connectivity index (χ4v) is 2.25. The molecule has 0 N–H and O–H groups in total. The second-order valence-corrected chi connectivity index (χ2v) is 4.56. The molecular weight excluding hydrogens is 213 g/mol. The van der Waals surface area contributed by atoms with Crippen molar-refractivity contribution in [2.75, 3.05) is 26.4 Å². The Hall–Kier alpha value is -0.870. The van der Waals surface area contributed by atoms with Gasteiger partial charge in [-0.1, -0.05) is 6.07 Å². The molecule has 4 heteroatoms. The molecule has 0 saturated carbocycles. The third-order valence-electron chi connectivity index (χ3n) is 1.93. The zero-order chi connectivity index (χ0) is 11.3. The van der Waals surface area contributed by atoms with E-state index < -0.39 is 5.82 Å². The molecule has 0 saturated heterocycles. The molecule has 1 aromatic rings. The van der Waals surface area contributed by atoms with Crippen molar-refractivity contribution >= 4 is 18.0 Å². The molecule has 0 radical (unpaired) electrons. The summed E-state index contributed by atoms with van der Waals surface area (Å²) in [6, 6.07) is 4.70. The summed E-state index contributed by atoms with van der Waals surface area (Å²) >= 11 is 1.50. The average molecular weight is 227 g/mol. The van der Waals surface area contributed by atoms with Gasteiger partial charge in [0, 0.05) is 17.2 Å². The van der Waals surface area contributed by atoms with Crippen LogP contribution in [0.5, 0.6) is 0 Å². The van der Waals surface area contributed by atoms with E-state index in [9.17, 15) is 9.18 Å². The van der Waals surface area contributed by atoms with Crippen LogP contribution < -0.4 is 0 Å². The van der Waals surface area contributed by atoms with Gasteiger partial charge in [0.2, 0.25) is 0 Å². The molecule has 0 fully saturated rings. The molecule has 0 atom stereocenters. The first-order valence-electron chi connectivity index (χ1n) is 4.66. The van der Waals surface area contributed by atoms with Crippen molar-refractivity contribution in [3.63, 3.8) is 0 Å².